The SMILES string of the molecule is CC1CCN(C2CCN(C)CC2)CC1C. The van der Waals surface area contributed by atoms with Crippen LogP contribution in [-0.4, -0.2) is 49.1 Å². The summed E-state index contributed by atoms with van der Waals surface area (Å²) in [5, 5.41) is 0. The molecule has 2 fully saturated rings. The van der Waals surface area contributed by atoms with E-state index in [0.29, 0.717) is 0 Å². The summed E-state index contributed by atoms with van der Waals surface area (Å²) in [4.78, 5) is 5.23. The van der Waals surface area contributed by atoms with Crippen LogP contribution >= 0.6 is 0 Å². The van der Waals surface area contributed by atoms with E-state index >= 15 is 0 Å². The van der Waals surface area contributed by atoms with Gasteiger partial charge in [0.2, 0.25) is 0 Å². The Morgan fingerprint density at radius 2 is 1.53 bits per heavy atom. The molecule has 0 amide bonds. The first-order valence-electron chi connectivity index (χ1n) is 6.59. The maximum absolute atomic E-state index is 2.76. The minimum Gasteiger partial charge on any atom is -0.306 e. The zero-order valence-corrected chi connectivity index (χ0v) is 10.6. The molecule has 0 aromatic heterocycles. The molecule has 15 heavy (non-hydrogen) atoms. The molecule has 0 aliphatic carbocycles. The van der Waals surface area contributed by atoms with E-state index in [2.05, 4.69) is 30.7 Å². The van der Waals surface area contributed by atoms with Crippen LogP contribution in [-0.2, 0) is 0 Å². The van der Waals surface area contributed by atoms with Crippen LogP contribution in [0.4, 0.5) is 0 Å². The van der Waals surface area contributed by atoms with Crippen LogP contribution in [0.2, 0.25) is 0 Å². The third-order valence-electron chi connectivity index (χ3n) is 4.57. The highest BCUT2D eigenvalue weighted by Gasteiger charge is 2.29. The molecule has 2 aliphatic rings. The van der Waals surface area contributed by atoms with Crippen molar-refractivity contribution in [3.8, 4) is 0 Å². The summed E-state index contributed by atoms with van der Waals surface area (Å²) in [5.41, 5.74) is 0. The normalized spacial score (nSPS) is 37.0. The Kier molecular flexibility index (Phi) is 3.68. The lowest BCUT2D eigenvalue weighted by atomic mass is 9.87. The maximum atomic E-state index is 2.76. The molecular formula is C13H26N2. The second-order valence-corrected chi connectivity index (χ2v) is 5.77. The van der Waals surface area contributed by atoms with Crippen molar-refractivity contribution in [1.82, 2.24) is 9.80 Å². The average Bonchev–Trinajstić information content (AvgIpc) is 2.23. The van der Waals surface area contributed by atoms with Crippen LogP contribution in [0.1, 0.15) is 33.1 Å². The summed E-state index contributed by atoms with van der Waals surface area (Å²) < 4.78 is 0. The lowest BCUT2D eigenvalue weighted by molar-refractivity contribution is 0.0615. The predicted octanol–water partition coefficient (Wildman–Crippen LogP) is 2.06. The highest BCUT2D eigenvalue weighted by atomic mass is 15.2. The van der Waals surface area contributed by atoms with Gasteiger partial charge in [-0.25, -0.2) is 0 Å². The summed E-state index contributed by atoms with van der Waals surface area (Å²) in [6, 6.07) is 0.885. The Morgan fingerprint density at radius 3 is 2.13 bits per heavy atom. The average molecular weight is 210 g/mol. The van der Waals surface area contributed by atoms with Gasteiger partial charge in [0.15, 0.2) is 0 Å². The van der Waals surface area contributed by atoms with Gasteiger partial charge in [-0.05, 0) is 57.8 Å². The van der Waals surface area contributed by atoms with E-state index in [4.69, 9.17) is 0 Å². The van der Waals surface area contributed by atoms with Crippen molar-refractivity contribution < 1.29 is 0 Å². The number of rotatable bonds is 1. The zero-order valence-electron chi connectivity index (χ0n) is 10.6. The highest BCUT2D eigenvalue weighted by molar-refractivity contribution is 4.83. The Hall–Kier alpha value is -0.0800. The van der Waals surface area contributed by atoms with Crippen molar-refractivity contribution in [2.24, 2.45) is 11.8 Å². The molecule has 0 bridgehead atoms. The van der Waals surface area contributed by atoms with Crippen molar-refractivity contribution in [1.29, 1.82) is 0 Å². The number of nitrogens with zero attached hydrogens (tertiary/aromatic N) is 2. The summed E-state index contributed by atoms with van der Waals surface area (Å²) in [6.07, 6.45) is 4.18. The smallest absolute Gasteiger partial charge is 0.0120 e. The highest BCUT2D eigenvalue weighted by Crippen LogP contribution is 2.26. The number of piperidine rings is 2. The zero-order chi connectivity index (χ0) is 10.8. The Bertz CT molecular complexity index is 197. The third kappa shape index (κ3) is 2.73. The molecule has 0 spiro atoms. The minimum atomic E-state index is 0.885. The molecule has 0 aromatic rings. The number of hydrogen-bond acceptors (Lipinski definition) is 2. The topological polar surface area (TPSA) is 6.48 Å². The molecular weight excluding hydrogens is 184 g/mol. The van der Waals surface area contributed by atoms with Gasteiger partial charge < -0.3 is 9.80 Å². The molecule has 0 N–H and O–H groups in total. The predicted molar refractivity (Wildman–Crippen MR) is 65.0 cm³/mol. The molecule has 0 radical (unpaired) electrons. The lowest BCUT2D eigenvalue weighted by Crippen LogP contribution is -2.48. The molecule has 2 aliphatic heterocycles. The fourth-order valence-electron chi connectivity index (χ4n) is 2.99. The molecule has 0 saturated carbocycles. The minimum absolute atomic E-state index is 0.885. The van der Waals surface area contributed by atoms with Crippen molar-refractivity contribution in [2.75, 3.05) is 33.2 Å². The van der Waals surface area contributed by atoms with Gasteiger partial charge in [-0.1, -0.05) is 13.8 Å². The van der Waals surface area contributed by atoms with E-state index < -0.39 is 0 Å². The number of likely N-dealkylation sites (tertiary alicyclic amines) is 2. The quantitative estimate of drug-likeness (QED) is 0.653. The van der Waals surface area contributed by atoms with Crippen LogP contribution in [0, 0.1) is 11.8 Å². The van der Waals surface area contributed by atoms with Crippen molar-refractivity contribution in [3.05, 3.63) is 0 Å². The summed E-state index contributed by atoms with van der Waals surface area (Å²) >= 11 is 0. The van der Waals surface area contributed by atoms with Gasteiger partial charge in [0.05, 0.1) is 0 Å². The van der Waals surface area contributed by atoms with Gasteiger partial charge in [0.25, 0.3) is 0 Å². The molecule has 2 unspecified atom stereocenters. The van der Waals surface area contributed by atoms with Gasteiger partial charge in [0.1, 0.15) is 0 Å². The van der Waals surface area contributed by atoms with Crippen LogP contribution in [0.25, 0.3) is 0 Å². The lowest BCUT2D eigenvalue weighted by Gasteiger charge is -2.43. The van der Waals surface area contributed by atoms with Gasteiger partial charge in [-0.2, -0.15) is 0 Å². The maximum Gasteiger partial charge on any atom is 0.0120 e. The first-order chi connectivity index (χ1) is 7.16. The Labute approximate surface area is 94.6 Å². The fourth-order valence-corrected chi connectivity index (χ4v) is 2.99. The van der Waals surface area contributed by atoms with E-state index in [0.717, 1.165) is 17.9 Å². The molecule has 2 rings (SSSR count). The van der Waals surface area contributed by atoms with Crippen LogP contribution in [0.3, 0.4) is 0 Å². The van der Waals surface area contributed by atoms with Crippen LogP contribution in [0.15, 0.2) is 0 Å². The molecule has 2 heteroatoms. The van der Waals surface area contributed by atoms with Gasteiger partial charge in [-0.3, -0.25) is 0 Å². The Balaban J connectivity index is 1.84. The first kappa shape index (κ1) is 11.4. The van der Waals surface area contributed by atoms with Crippen LogP contribution < -0.4 is 0 Å². The second kappa shape index (κ2) is 4.84. The Morgan fingerprint density at radius 1 is 0.867 bits per heavy atom. The molecule has 2 heterocycles. The molecule has 2 saturated heterocycles. The standard InChI is InChI=1S/C13H26N2/c1-11-4-9-15(10-12(11)2)13-5-7-14(3)8-6-13/h11-13H,4-10H2,1-3H3. The largest absolute Gasteiger partial charge is 0.306 e. The molecule has 0 aromatic carbocycles. The van der Waals surface area contributed by atoms with Gasteiger partial charge in [0, 0.05) is 12.6 Å². The van der Waals surface area contributed by atoms with Crippen molar-refractivity contribution in [2.45, 2.75) is 39.2 Å². The van der Waals surface area contributed by atoms with E-state index in [1.165, 1.54) is 45.4 Å². The van der Waals surface area contributed by atoms with E-state index in [1.807, 2.05) is 0 Å². The van der Waals surface area contributed by atoms with Gasteiger partial charge >= 0.3 is 0 Å². The van der Waals surface area contributed by atoms with Crippen molar-refractivity contribution in [3.63, 3.8) is 0 Å². The first-order valence-corrected chi connectivity index (χ1v) is 6.59. The van der Waals surface area contributed by atoms with Crippen molar-refractivity contribution >= 4 is 0 Å². The number of hydrogen-bond donors (Lipinski definition) is 0. The van der Waals surface area contributed by atoms with E-state index in [-0.39, 0.29) is 0 Å². The van der Waals surface area contributed by atoms with E-state index in [1.54, 1.807) is 0 Å². The second-order valence-electron chi connectivity index (χ2n) is 5.77. The summed E-state index contributed by atoms with van der Waals surface area (Å²) in [5.74, 6) is 1.84. The molecule has 88 valence electrons. The monoisotopic (exact) mass is 210 g/mol. The summed E-state index contributed by atoms with van der Waals surface area (Å²) in [6.45, 7) is 10.1. The summed E-state index contributed by atoms with van der Waals surface area (Å²) in [7, 11) is 2.25. The van der Waals surface area contributed by atoms with Gasteiger partial charge in [-0.15, -0.1) is 0 Å². The fraction of sp³-hybridized carbons (Fsp3) is 1.00. The van der Waals surface area contributed by atoms with E-state index in [9.17, 15) is 0 Å². The van der Waals surface area contributed by atoms with Crippen LogP contribution in [0.5, 0.6) is 0 Å². The third-order valence-corrected chi connectivity index (χ3v) is 4.57. The molecule has 2 nitrogen and oxygen atoms in total. The molecule has 2 atom stereocenters.